The molecule has 0 bridgehead atoms. The summed E-state index contributed by atoms with van der Waals surface area (Å²) in [4.78, 5) is 14.3. The van der Waals surface area contributed by atoms with Gasteiger partial charge in [0.25, 0.3) is 15.9 Å². The molecule has 0 saturated carbocycles. The molecule has 1 fully saturated rings. The Labute approximate surface area is 158 Å². The van der Waals surface area contributed by atoms with Gasteiger partial charge in [-0.1, -0.05) is 18.0 Å². The molecule has 0 unspecified atom stereocenters. The predicted molar refractivity (Wildman–Crippen MR) is 101 cm³/mol. The lowest BCUT2D eigenvalue weighted by Crippen LogP contribution is -2.35. The van der Waals surface area contributed by atoms with Gasteiger partial charge in [0.05, 0.1) is 16.3 Å². The lowest BCUT2D eigenvalue weighted by Gasteiger charge is -2.30. The molecule has 142 valence electrons. The van der Waals surface area contributed by atoms with E-state index in [0.29, 0.717) is 44.1 Å². The van der Waals surface area contributed by atoms with Crippen LogP contribution in [-0.2, 0) is 14.8 Å². The van der Waals surface area contributed by atoms with E-state index >= 15 is 0 Å². The molecule has 2 heterocycles. The van der Waals surface area contributed by atoms with E-state index in [1.807, 2.05) is 4.90 Å². The summed E-state index contributed by atoms with van der Waals surface area (Å²) >= 11 is 6.31. The highest BCUT2D eigenvalue weighted by atomic mass is 35.5. The quantitative estimate of drug-likeness (QED) is 0.769. The topological polar surface area (TPSA) is 88.1 Å². The Kier molecular flexibility index (Phi) is 5.84. The molecule has 0 atom stereocenters. The summed E-state index contributed by atoms with van der Waals surface area (Å²) in [6, 6.07) is 2.91. The number of ether oxygens (including phenoxy) is 1. The van der Waals surface area contributed by atoms with Gasteiger partial charge in [0, 0.05) is 33.2 Å². The number of hydrogen-bond acceptors (Lipinski definition) is 5. The molecule has 0 aromatic heterocycles. The number of fused-ring (bicyclic) bond motifs is 3. The summed E-state index contributed by atoms with van der Waals surface area (Å²) in [6.45, 7) is 1.64. The van der Waals surface area contributed by atoms with Crippen LogP contribution in [-0.4, -0.2) is 47.0 Å². The van der Waals surface area contributed by atoms with Crippen LogP contribution >= 0.6 is 11.6 Å². The van der Waals surface area contributed by atoms with Crippen LogP contribution in [0.1, 0.15) is 42.5 Å². The number of sulfonamides is 1. The lowest BCUT2D eigenvalue weighted by molar-refractivity contribution is 0.0948. The second-order valence-electron chi connectivity index (χ2n) is 6.35. The third kappa shape index (κ3) is 3.87. The molecule has 7 nitrogen and oxygen atoms in total. The summed E-state index contributed by atoms with van der Waals surface area (Å²) in [7, 11) is -2.25. The van der Waals surface area contributed by atoms with E-state index in [2.05, 4.69) is 9.71 Å². The van der Waals surface area contributed by atoms with Crippen LogP contribution in [0.5, 0.6) is 0 Å². The number of rotatable bonds is 5. The molecule has 2 aliphatic heterocycles. The highest BCUT2D eigenvalue weighted by molar-refractivity contribution is 7.90. The van der Waals surface area contributed by atoms with Gasteiger partial charge >= 0.3 is 0 Å². The van der Waals surface area contributed by atoms with Crippen LogP contribution in [0.3, 0.4) is 0 Å². The second kappa shape index (κ2) is 7.94. The van der Waals surface area contributed by atoms with Crippen molar-refractivity contribution in [3.63, 3.8) is 0 Å². The van der Waals surface area contributed by atoms with Crippen molar-refractivity contribution in [2.75, 3.05) is 31.7 Å². The Bertz CT molecular complexity index is 839. The first-order valence-electron chi connectivity index (χ1n) is 8.66. The molecule has 1 N–H and O–H groups in total. The van der Waals surface area contributed by atoms with Crippen molar-refractivity contribution in [2.24, 2.45) is 4.40 Å². The highest BCUT2D eigenvalue weighted by Crippen LogP contribution is 2.37. The fourth-order valence-corrected chi connectivity index (χ4v) is 4.69. The molecule has 0 radical (unpaired) electrons. The fourth-order valence-electron chi connectivity index (χ4n) is 3.18. The van der Waals surface area contributed by atoms with Crippen LogP contribution in [0, 0.1) is 0 Å². The standard InChI is InChI=1S/C17H22ClN3O4S/c1-25-9-5-7-19-17(22)12-10-15-14(11-13(12)18)21-8-4-2-3-6-16(21)20-26(15,23)24/h10-11H,2-9H2,1H3,(H,19,22). The van der Waals surface area contributed by atoms with E-state index < -0.39 is 15.9 Å². The third-order valence-corrected chi connectivity index (χ3v) is 6.14. The van der Waals surface area contributed by atoms with Crippen molar-refractivity contribution in [2.45, 2.75) is 37.0 Å². The van der Waals surface area contributed by atoms with Crippen LogP contribution in [0.25, 0.3) is 0 Å². The molecule has 1 saturated heterocycles. The zero-order chi connectivity index (χ0) is 18.7. The summed E-state index contributed by atoms with van der Waals surface area (Å²) in [5, 5.41) is 2.96. The maximum atomic E-state index is 12.6. The molecule has 0 spiro atoms. The van der Waals surface area contributed by atoms with Gasteiger partial charge in [-0.2, -0.15) is 8.42 Å². The fraction of sp³-hybridized carbons (Fsp3) is 0.529. The van der Waals surface area contributed by atoms with Crippen molar-refractivity contribution in [1.29, 1.82) is 0 Å². The van der Waals surface area contributed by atoms with E-state index in [1.54, 1.807) is 13.2 Å². The lowest BCUT2D eigenvalue weighted by atomic mass is 10.1. The zero-order valence-electron chi connectivity index (χ0n) is 14.6. The van der Waals surface area contributed by atoms with Crippen molar-refractivity contribution < 1.29 is 17.9 Å². The Morgan fingerprint density at radius 2 is 2.15 bits per heavy atom. The van der Waals surface area contributed by atoms with Crippen LogP contribution < -0.4 is 10.2 Å². The van der Waals surface area contributed by atoms with E-state index in [4.69, 9.17) is 16.3 Å². The number of methoxy groups -OCH3 is 1. The van der Waals surface area contributed by atoms with Crippen LogP contribution in [0.15, 0.2) is 21.4 Å². The highest BCUT2D eigenvalue weighted by Gasteiger charge is 2.33. The normalized spacial score (nSPS) is 18.4. The summed E-state index contributed by atoms with van der Waals surface area (Å²) in [6.07, 6.45) is 4.18. The number of nitrogens with one attached hydrogen (secondary N) is 1. The Morgan fingerprint density at radius 1 is 1.35 bits per heavy atom. The minimum atomic E-state index is -3.84. The number of nitrogens with zero attached hydrogens (tertiary/aromatic N) is 2. The predicted octanol–water partition coefficient (Wildman–Crippen LogP) is 2.59. The van der Waals surface area contributed by atoms with E-state index in [0.717, 1.165) is 19.3 Å². The number of carbonyl (C=O) groups is 1. The number of amidine groups is 1. The molecule has 1 aromatic rings. The van der Waals surface area contributed by atoms with E-state index in [9.17, 15) is 13.2 Å². The Hall–Kier alpha value is -1.64. The van der Waals surface area contributed by atoms with Gasteiger partial charge in [-0.05, 0) is 31.4 Å². The van der Waals surface area contributed by atoms with Gasteiger partial charge in [-0.25, -0.2) is 0 Å². The Balaban J connectivity index is 1.94. The smallest absolute Gasteiger partial charge is 0.286 e. The molecule has 2 aliphatic rings. The van der Waals surface area contributed by atoms with Crippen LogP contribution in [0.2, 0.25) is 5.02 Å². The minimum absolute atomic E-state index is 0.0367. The van der Waals surface area contributed by atoms with Gasteiger partial charge < -0.3 is 15.0 Å². The summed E-state index contributed by atoms with van der Waals surface area (Å²) in [5.41, 5.74) is 0.651. The maximum absolute atomic E-state index is 12.6. The SMILES string of the molecule is COCCCNC(=O)c1cc2c(cc1Cl)N1CCCCCC1=NS2(=O)=O. The maximum Gasteiger partial charge on any atom is 0.286 e. The molecule has 0 aliphatic carbocycles. The minimum Gasteiger partial charge on any atom is -0.385 e. The number of hydrogen-bond donors (Lipinski definition) is 1. The first kappa shape index (κ1) is 19.1. The molecule has 1 amide bonds. The molecule has 26 heavy (non-hydrogen) atoms. The average Bonchev–Trinajstić information content (AvgIpc) is 2.83. The monoisotopic (exact) mass is 399 g/mol. The summed E-state index contributed by atoms with van der Waals surface area (Å²) in [5.74, 6) is 0.151. The first-order valence-corrected chi connectivity index (χ1v) is 10.5. The molecule has 9 heteroatoms. The molecule has 3 rings (SSSR count). The number of halogens is 1. The van der Waals surface area contributed by atoms with E-state index in [-0.39, 0.29) is 15.5 Å². The first-order chi connectivity index (χ1) is 12.4. The van der Waals surface area contributed by atoms with Crippen molar-refractivity contribution in [3.05, 3.63) is 22.7 Å². The summed E-state index contributed by atoms with van der Waals surface area (Å²) < 4.78 is 34.2. The van der Waals surface area contributed by atoms with E-state index in [1.165, 1.54) is 6.07 Å². The zero-order valence-corrected chi connectivity index (χ0v) is 16.2. The molecular weight excluding hydrogens is 378 g/mol. The average molecular weight is 400 g/mol. The van der Waals surface area contributed by atoms with Crippen molar-refractivity contribution in [3.8, 4) is 0 Å². The number of carbonyl (C=O) groups excluding carboxylic acids is 1. The van der Waals surface area contributed by atoms with Gasteiger partial charge in [0.1, 0.15) is 10.7 Å². The third-order valence-electron chi connectivity index (χ3n) is 4.49. The van der Waals surface area contributed by atoms with Gasteiger partial charge in [-0.15, -0.1) is 4.40 Å². The van der Waals surface area contributed by atoms with Gasteiger partial charge in [-0.3, -0.25) is 4.79 Å². The number of benzene rings is 1. The van der Waals surface area contributed by atoms with Crippen molar-refractivity contribution in [1.82, 2.24) is 5.32 Å². The van der Waals surface area contributed by atoms with Gasteiger partial charge in [0.2, 0.25) is 0 Å². The number of anilines is 1. The second-order valence-corrected chi connectivity index (χ2v) is 8.33. The Morgan fingerprint density at radius 3 is 2.92 bits per heavy atom. The van der Waals surface area contributed by atoms with Crippen molar-refractivity contribution >= 4 is 39.1 Å². The number of amides is 1. The molecular formula is C17H22ClN3O4S. The van der Waals surface area contributed by atoms with Gasteiger partial charge in [0.15, 0.2) is 0 Å². The van der Waals surface area contributed by atoms with Crippen LogP contribution in [0.4, 0.5) is 5.69 Å². The molecule has 1 aromatic carbocycles. The largest absolute Gasteiger partial charge is 0.385 e.